The second kappa shape index (κ2) is 6.25. The average Bonchev–Trinajstić information content (AvgIpc) is 2.27. The second-order valence-corrected chi connectivity index (χ2v) is 6.39. The highest BCUT2D eigenvalue weighted by molar-refractivity contribution is 7.47. The maximum atomic E-state index is 11.7. The molecule has 0 radical (unpaired) electrons. The van der Waals surface area contributed by atoms with Crippen molar-refractivity contribution in [1.29, 1.82) is 5.53 Å². The van der Waals surface area contributed by atoms with Gasteiger partial charge in [0.05, 0.1) is 26.8 Å². The van der Waals surface area contributed by atoms with Crippen molar-refractivity contribution in [1.82, 2.24) is 0 Å². The molecule has 0 amide bonds. The van der Waals surface area contributed by atoms with Gasteiger partial charge in [-0.25, -0.2) is 10.1 Å². The van der Waals surface area contributed by atoms with Gasteiger partial charge in [0.25, 0.3) is 0 Å². The van der Waals surface area contributed by atoms with Crippen LogP contribution in [0, 0.1) is 5.53 Å². The molecule has 0 saturated heterocycles. The number of quaternary nitrogens is 1. The predicted octanol–water partition coefficient (Wildman–Crippen LogP) is 2.55. The molecule has 0 aromatic heterocycles. The fourth-order valence-corrected chi connectivity index (χ4v) is 1.92. The molecular weight excluding hydrogens is 269 g/mol. The molecule has 0 heterocycles. The molecule has 0 bridgehead atoms. The molecular formula is C11H19N3O4P+. The van der Waals surface area contributed by atoms with Crippen LogP contribution < -0.4 is 4.52 Å². The van der Waals surface area contributed by atoms with Crippen molar-refractivity contribution in [2.45, 2.75) is 0 Å². The zero-order valence-electron chi connectivity index (χ0n) is 11.2. The molecule has 0 fully saturated rings. The Morgan fingerprint density at radius 1 is 1.32 bits per heavy atom. The van der Waals surface area contributed by atoms with E-state index in [1.54, 1.807) is 0 Å². The summed E-state index contributed by atoms with van der Waals surface area (Å²) >= 11 is 0. The van der Waals surface area contributed by atoms with E-state index >= 15 is 0 Å². The van der Waals surface area contributed by atoms with Gasteiger partial charge in [-0.15, -0.1) is 0 Å². The van der Waals surface area contributed by atoms with Gasteiger partial charge in [0.15, 0.2) is 0 Å². The molecule has 0 aliphatic rings. The SMILES string of the molecule is C[N+](C)(C)CCOP(=O)(O)Oc1ccc(N=N)cc1. The Kier molecular flexibility index (Phi) is 5.20. The lowest BCUT2D eigenvalue weighted by molar-refractivity contribution is -0.870. The van der Waals surface area contributed by atoms with Gasteiger partial charge in [0.1, 0.15) is 18.9 Å². The third kappa shape index (κ3) is 6.45. The van der Waals surface area contributed by atoms with E-state index in [4.69, 9.17) is 14.6 Å². The molecule has 1 aromatic rings. The first-order valence-electron chi connectivity index (χ1n) is 5.67. The first-order valence-corrected chi connectivity index (χ1v) is 7.16. The van der Waals surface area contributed by atoms with Crippen molar-refractivity contribution in [3.63, 3.8) is 0 Å². The fraction of sp³-hybridized carbons (Fsp3) is 0.455. The van der Waals surface area contributed by atoms with Gasteiger partial charge in [-0.1, -0.05) is 0 Å². The molecule has 106 valence electrons. The molecule has 0 saturated carbocycles. The molecule has 7 nitrogen and oxygen atoms in total. The van der Waals surface area contributed by atoms with E-state index in [-0.39, 0.29) is 12.4 Å². The zero-order chi connectivity index (χ0) is 14.5. The number of phosphoric ester groups is 1. The Labute approximate surface area is 112 Å². The number of nitrogens with one attached hydrogen (secondary N) is 1. The summed E-state index contributed by atoms with van der Waals surface area (Å²) in [5.41, 5.74) is 7.23. The summed E-state index contributed by atoms with van der Waals surface area (Å²) in [4.78, 5) is 9.53. The van der Waals surface area contributed by atoms with Crippen molar-refractivity contribution >= 4 is 13.5 Å². The van der Waals surface area contributed by atoms with Crippen LogP contribution in [0.4, 0.5) is 5.69 Å². The molecule has 1 aromatic carbocycles. The number of benzene rings is 1. The highest BCUT2D eigenvalue weighted by atomic mass is 31.2. The highest BCUT2D eigenvalue weighted by Crippen LogP contribution is 2.43. The molecule has 8 heteroatoms. The van der Waals surface area contributed by atoms with Gasteiger partial charge < -0.3 is 9.01 Å². The zero-order valence-corrected chi connectivity index (χ0v) is 12.1. The third-order valence-corrected chi connectivity index (χ3v) is 3.15. The molecule has 1 unspecified atom stereocenters. The standard InChI is InChI=1S/C11H18N3O4P/c1-14(2,3)8-9-17-19(15,16)18-11-6-4-10(13-12)5-7-11/h4-7,12H,8-9H2,1-3H3/p+1. The summed E-state index contributed by atoms with van der Waals surface area (Å²) in [6.07, 6.45) is 0. The quantitative estimate of drug-likeness (QED) is 0.458. The van der Waals surface area contributed by atoms with Crippen LogP contribution in [0.5, 0.6) is 5.75 Å². The van der Waals surface area contributed by atoms with E-state index in [9.17, 15) is 9.46 Å². The maximum Gasteiger partial charge on any atom is 0.527 e. The monoisotopic (exact) mass is 288 g/mol. The molecule has 1 rings (SSSR count). The molecule has 0 spiro atoms. The molecule has 19 heavy (non-hydrogen) atoms. The van der Waals surface area contributed by atoms with E-state index < -0.39 is 7.82 Å². The van der Waals surface area contributed by atoms with Crippen LogP contribution in [0.15, 0.2) is 29.4 Å². The van der Waals surface area contributed by atoms with Gasteiger partial charge in [-0.3, -0.25) is 9.42 Å². The van der Waals surface area contributed by atoms with Gasteiger partial charge in [-0.2, -0.15) is 5.11 Å². The fourth-order valence-electron chi connectivity index (χ4n) is 1.17. The second-order valence-electron chi connectivity index (χ2n) is 5.01. The number of likely N-dealkylation sites (N-methyl/N-ethyl adjacent to an activating group) is 1. The van der Waals surface area contributed by atoms with E-state index in [2.05, 4.69) is 5.11 Å². The normalized spacial score (nSPS) is 14.7. The largest absolute Gasteiger partial charge is 0.527 e. The number of rotatable bonds is 7. The molecule has 1 atom stereocenters. The lowest BCUT2D eigenvalue weighted by Crippen LogP contribution is -2.37. The van der Waals surface area contributed by atoms with Crippen molar-refractivity contribution in [3.05, 3.63) is 24.3 Å². The average molecular weight is 288 g/mol. The van der Waals surface area contributed by atoms with Crippen LogP contribution in [0.2, 0.25) is 0 Å². The van der Waals surface area contributed by atoms with Crippen LogP contribution in [-0.4, -0.2) is 43.7 Å². The van der Waals surface area contributed by atoms with Crippen LogP contribution in [0.25, 0.3) is 0 Å². The number of phosphoric acid groups is 1. The van der Waals surface area contributed by atoms with Crippen molar-refractivity contribution in [2.75, 3.05) is 34.3 Å². The number of nitrogens with zero attached hydrogens (tertiary/aromatic N) is 2. The predicted molar refractivity (Wildman–Crippen MR) is 70.6 cm³/mol. The van der Waals surface area contributed by atoms with E-state index in [0.29, 0.717) is 16.7 Å². The first kappa shape index (κ1) is 15.8. The molecule has 2 N–H and O–H groups in total. The Balaban J connectivity index is 2.53. The van der Waals surface area contributed by atoms with E-state index in [0.717, 1.165) is 0 Å². The van der Waals surface area contributed by atoms with Crippen LogP contribution >= 0.6 is 7.82 Å². The van der Waals surface area contributed by atoms with Crippen molar-refractivity contribution < 1.29 is 23.0 Å². The lowest BCUT2D eigenvalue weighted by Gasteiger charge is -2.24. The summed E-state index contributed by atoms with van der Waals surface area (Å²) in [7, 11) is 1.75. The number of hydrogen-bond acceptors (Lipinski definition) is 5. The van der Waals surface area contributed by atoms with Crippen molar-refractivity contribution in [3.8, 4) is 5.75 Å². The van der Waals surface area contributed by atoms with E-state index in [1.165, 1.54) is 24.3 Å². The van der Waals surface area contributed by atoms with Gasteiger partial charge in [-0.05, 0) is 24.3 Å². The minimum absolute atomic E-state index is 0.122. The summed E-state index contributed by atoms with van der Waals surface area (Å²) < 4.78 is 22.1. The Hall–Kier alpha value is -1.27. The van der Waals surface area contributed by atoms with Crippen LogP contribution in [0.1, 0.15) is 0 Å². The Morgan fingerprint density at radius 2 is 1.89 bits per heavy atom. The summed E-state index contributed by atoms with van der Waals surface area (Å²) in [6, 6.07) is 5.93. The summed E-state index contributed by atoms with van der Waals surface area (Å²) in [5, 5.41) is 3.21. The first-order chi connectivity index (χ1) is 8.72. The molecule has 0 aliphatic heterocycles. The van der Waals surface area contributed by atoms with Gasteiger partial charge in [0, 0.05) is 0 Å². The Bertz CT molecular complexity index is 470. The van der Waals surface area contributed by atoms with Crippen LogP contribution in [-0.2, 0) is 9.09 Å². The van der Waals surface area contributed by atoms with Crippen LogP contribution in [0.3, 0.4) is 0 Å². The number of hydrogen-bond donors (Lipinski definition) is 2. The summed E-state index contributed by atoms with van der Waals surface area (Å²) in [6.45, 7) is 0.710. The maximum absolute atomic E-state index is 11.7. The topological polar surface area (TPSA) is 92.0 Å². The van der Waals surface area contributed by atoms with E-state index in [1.807, 2.05) is 21.1 Å². The van der Waals surface area contributed by atoms with Gasteiger partial charge in [0.2, 0.25) is 0 Å². The third-order valence-electron chi connectivity index (χ3n) is 2.20. The highest BCUT2D eigenvalue weighted by Gasteiger charge is 2.24. The van der Waals surface area contributed by atoms with Gasteiger partial charge >= 0.3 is 7.82 Å². The summed E-state index contributed by atoms with van der Waals surface area (Å²) in [5.74, 6) is 0.198. The molecule has 0 aliphatic carbocycles. The smallest absolute Gasteiger partial charge is 0.404 e. The van der Waals surface area contributed by atoms with Crippen molar-refractivity contribution in [2.24, 2.45) is 5.11 Å². The Morgan fingerprint density at radius 3 is 2.37 bits per heavy atom. The lowest BCUT2D eigenvalue weighted by atomic mass is 10.3. The minimum atomic E-state index is -4.11. The minimum Gasteiger partial charge on any atom is -0.404 e.